The molecule has 0 unspecified atom stereocenters. The van der Waals surface area contributed by atoms with Crippen LogP contribution in [0.25, 0.3) is 0 Å². The monoisotopic (exact) mass is 306 g/mol. The first-order valence-electron chi connectivity index (χ1n) is 6.89. The van der Waals surface area contributed by atoms with E-state index in [0.29, 0.717) is 11.4 Å². The number of rotatable bonds is 8. The molecule has 0 fully saturated rings. The molecule has 0 aliphatic heterocycles. The van der Waals surface area contributed by atoms with Crippen LogP contribution in [-0.4, -0.2) is 40.4 Å². The Morgan fingerprint density at radius 1 is 1.14 bits per heavy atom. The highest BCUT2D eigenvalue weighted by atomic mass is 32.2. The highest BCUT2D eigenvalue weighted by Crippen LogP contribution is 2.21. The third kappa shape index (κ3) is 5.46. The quantitative estimate of drug-likeness (QED) is 0.761. The number of nitrogens with zero attached hydrogens (tertiary/aromatic N) is 2. The summed E-state index contributed by atoms with van der Waals surface area (Å²) in [5, 5.41) is 9.15. The highest BCUT2D eigenvalue weighted by molar-refractivity contribution is 7.99. The number of halogens is 1. The fourth-order valence-corrected chi connectivity index (χ4v) is 2.96. The maximum atomic E-state index is 13.5. The van der Waals surface area contributed by atoms with Crippen molar-refractivity contribution in [1.82, 2.24) is 9.88 Å². The van der Waals surface area contributed by atoms with Crippen LogP contribution < -0.4 is 0 Å². The van der Waals surface area contributed by atoms with Crippen molar-refractivity contribution in [1.29, 1.82) is 0 Å². The Hall–Kier alpha value is -1.43. The number of aliphatic hydroxyl groups is 1. The molecule has 0 atom stereocenters. The predicted molar refractivity (Wildman–Crippen MR) is 83.7 cm³/mol. The Labute approximate surface area is 128 Å². The van der Waals surface area contributed by atoms with Gasteiger partial charge in [-0.25, -0.2) is 4.39 Å². The molecule has 1 N–H and O–H groups in total. The van der Waals surface area contributed by atoms with E-state index in [2.05, 4.69) is 9.88 Å². The van der Waals surface area contributed by atoms with E-state index >= 15 is 0 Å². The van der Waals surface area contributed by atoms with E-state index in [1.807, 2.05) is 24.4 Å². The molecule has 1 heterocycles. The first-order chi connectivity index (χ1) is 10.3. The molecule has 0 aliphatic carbocycles. The van der Waals surface area contributed by atoms with Crippen LogP contribution in [0, 0.1) is 5.82 Å². The summed E-state index contributed by atoms with van der Waals surface area (Å²) >= 11 is 1.50. The second-order valence-corrected chi connectivity index (χ2v) is 5.78. The zero-order valence-corrected chi connectivity index (χ0v) is 12.6. The largest absolute Gasteiger partial charge is 0.395 e. The molecular weight excluding hydrogens is 287 g/mol. The van der Waals surface area contributed by atoms with Gasteiger partial charge in [-0.1, -0.05) is 18.2 Å². The van der Waals surface area contributed by atoms with Gasteiger partial charge < -0.3 is 5.11 Å². The minimum atomic E-state index is -0.177. The lowest BCUT2D eigenvalue weighted by Gasteiger charge is -2.21. The molecule has 0 bridgehead atoms. The van der Waals surface area contributed by atoms with Crippen LogP contribution in [0.5, 0.6) is 0 Å². The predicted octanol–water partition coefficient (Wildman–Crippen LogP) is 2.81. The van der Waals surface area contributed by atoms with Gasteiger partial charge in [0.05, 0.1) is 6.61 Å². The molecule has 1 aromatic heterocycles. The lowest BCUT2D eigenvalue weighted by atomic mass is 10.2. The molecule has 0 aliphatic rings. The molecule has 1 aromatic carbocycles. The van der Waals surface area contributed by atoms with Crippen LogP contribution in [0.4, 0.5) is 4.39 Å². The van der Waals surface area contributed by atoms with Gasteiger partial charge in [0.25, 0.3) is 0 Å². The van der Waals surface area contributed by atoms with Crippen molar-refractivity contribution >= 4 is 11.8 Å². The molecule has 0 spiro atoms. The van der Waals surface area contributed by atoms with Crippen molar-refractivity contribution in [2.45, 2.75) is 11.4 Å². The van der Waals surface area contributed by atoms with E-state index in [1.165, 1.54) is 17.8 Å². The van der Waals surface area contributed by atoms with Gasteiger partial charge in [0.15, 0.2) is 0 Å². The fraction of sp³-hybridized carbons (Fsp3) is 0.312. The molecule has 0 saturated carbocycles. The van der Waals surface area contributed by atoms with Crippen LogP contribution in [0.3, 0.4) is 0 Å². The van der Waals surface area contributed by atoms with Gasteiger partial charge in [-0.15, -0.1) is 11.8 Å². The summed E-state index contributed by atoms with van der Waals surface area (Å²) in [6, 6.07) is 10.7. The molecule has 2 aromatic rings. The second kappa shape index (κ2) is 8.77. The van der Waals surface area contributed by atoms with Crippen molar-refractivity contribution in [2.24, 2.45) is 0 Å². The lowest BCUT2D eigenvalue weighted by Crippen LogP contribution is -2.28. The molecular formula is C16H19FN2OS. The van der Waals surface area contributed by atoms with E-state index in [0.717, 1.165) is 24.4 Å². The lowest BCUT2D eigenvalue weighted by molar-refractivity contribution is 0.198. The molecule has 3 nitrogen and oxygen atoms in total. The maximum Gasteiger partial charge on any atom is 0.136 e. The summed E-state index contributed by atoms with van der Waals surface area (Å²) in [7, 11) is 0. The Kier molecular flexibility index (Phi) is 6.66. The van der Waals surface area contributed by atoms with Crippen LogP contribution in [0.2, 0.25) is 0 Å². The fourth-order valence-electron chi connectivity index (χ4n) is 2.01. The summed E-state index contributed by atoms with van der Waals surface area (Å²) < 4.78 is 13.5. The van der Waals surface area contributed by atoms with Gasteiger partial charge in [-0.3, -0.25) is 9.88 Å². The zero-order valence-electron chi connectivity index (χ0n) is 11.8. The smallest absolute Gasteiger partial charge is 0.136 e. The Bertz CT molecular complexity index is 539. The van der Waals surface area contributed by atoms with E-state index in [4.69, 9.17) is 5.11 Å². The summed E-state index contributed by atoms with van der Waals surface area (Å²) in [4.78, 5) is 6.91. The molecule has 0 radical (unpaired) electrons. The second-order valence-electron chi connectivity index (χ2n) is 4.64. The van der Waals surface area contributed by atoms with E-state index in [1.54, 1.807) is 18.3 Å². The van der Waals surface area contributed by atoms with Crippen LogP contribution in [0.1, 0.15) is 5.56 Å². The number of aliphatic hydroxyl groups excluding tert-OH is 1. The Morgan fingerprint density at radius 3 is 2.71 bits per heavy atom. The van der Waals surface area contributed by atoms with Crippen molar-refractivity contribution in [3.05, 3.63) is 60.2 Å². The van der Waals surface area contributed by atoms with Crippen molar-refractivity contribution in [3.63, 3.8) is 0 Å². The number of thioether (sulfide) groups is 1. The molecule has 2 rings (SSSR count). The summed E-state index contributed by atoms with van der Waals surface area (Å²) in [5.74, 6) is 0.602. The molecule has 112 valence electrons. The first kappa shape index (κ1) is 15.9. The number of hydrogen-bond acceptors (Lipinski definition) is 4. The average Bonchev–Trinajstić information content (AvgIpc) is 2.50. The van der Waals surface area contributed by atoms with Gasteiger partial charge in [0.2, 0.25) is 0 Å². The van der Waals surface area contributed by atoms with Gasteiger partial charge in [0.1, 0.15) is 5.82 Å². The zero-order chi connectivity index (χ0) is 14.9. The minimum Gasteiger partial charge on any atom is -0.395 e. The summed E-state index contributed by atoms with van der Waals surface area (Å²) in [6.07, 6.45) is 3.57. The third-order valence-corrected chi connectivity index (χ3v) is 4.08. The molecule has 21 heavy (non-hydrogen) atoms. The highest BCUT2D eigenvalue weighted by Gasteiger charge is 2.07. The van der Waals surface area contributed by atoms with Crippen LogP contribution >= 0.6 is 11.8 Å². The van der Waals surface area contributed by atoms with Crippen molar-refractivity contribution < 1.29 is 9.50 Å². The van der Waals surface area contributed by atoms with E-state index < -0.39 is 0 Å². The Morgan fingerprint density at radius 2 is 2.00 bits per heavy atom. The number of aromatic nitrogens is 1. The van der Waals surface area contributed by atoms with Crippen molar-refractivity contribution in [3.8, 4) is 0 Å². The summed E-state index contributed by atoms with van der Waals surface area (Å²) in [6.45, 7) is 2.25. The molecule has 0 amide bonds. The number of pyridine rings is 1. The van der Waals surface area contributed by atoms with Gasteiger partial charge in [-0.05, 0) is 23.8 Å². The molecule has 0 saturated heterocycles. The maximum absolute atomic E-state index is 13.5. The van der Waals surface area contributed by atoms with E-state index in [9.17, 15) is 4.39 Å². The normalized spacial score (nSPS) is 11.0. The molecule has 5 heteroatoms. The number of benzene rings is 1. The average molecular weight is 306 g/mol. The minimum absolute atomic E-state index is 0.116. The van der Waals surface area contributed by atoms with Gasteiger partial charge in [-0.2, -0.15) is 0 Å². The third-order valence-electron chi connectivity index (χ3n) is 3.05. The topological polar surface area (TPSA) is 36.4 Å². The van der Waals surface area contributed by atoms with Crippen molar-refractivity contribution in [2.75, 3.05) is 25.4 Å². The summed E-state index contributed by atoms with van der Waals surface area (Å²) in [5.41, 5.74) is 1.11. The number of hydrogen-bond donors (Lipinski definition) is 1. The first-order valence-corrected chi connectivity index (χ1v) is 7.87. The Balaban J connectivity index is 1.84. The van der Waals surface area contributed by atoms with E-state index in [-0.39, 0.29) is 12.4 Å². The van der Waals surface area contributed by atoms with Crippen LogP contribution in [-0.2, 0) is 6.54 Å². The van der Waals surface area contributed by atoms with Crippen LogP contribution in [0.15, 0.2) is 53.7 Å². The van der Waals surface area contributed by atoms with Gasteiger partial charge in [0, 0.05) is 42.7 Å². The van der Waals surface area contributed by atoms with Gasteiger partial charge >= 0.3 is 0 Å². The standard InChI is InChI=1S/C16H19FN2OS/c17-15-5-1-2-6-16(15)21-11-9-19(8-10-20)13-14-4-3-7-18-12-14/h1-7,12,20H,8-11,13H2. The SMILES string of the molecule is OCCN(CCSc1ccccc1F)Cc1cccnc1.